The molecule has 1 aromatic carbocycles. The average Bonchev–Trinajstić information content (AvgIpc) is 2.88. The lowest BCUT2D eigenvalue weighted by Gasteiger charge is -2.12. The van der Waals surface area contributed by atoms with Gasteiger partial charge in [-0.25, -0.2) is 0 Å². The first kappa shape index (κ1) is 12.1. The van der Waals surface area contributed by atoms with E-state index >= 15 is 0 Å². The first-order valence-electron chi connectivity index (χ1n) is 5.80. The largest absolute Gasteiger partial charge is 0.468 e. The van der Waals surface area contributed by atoms with Crippen LogP contribution in [0.25, 0.3) is 0 Å². The van der Waals surface area contributed by atoms with Crippen LogP contribution in [-0.2, 0) is 12.2 Å². The molecule has 17 heavy (non-hydrogen) atoms. The Morgan fingerprint density at radius 3 is 2.76 bits per heavy atom. The Balaban J connectivity index is 2.18. The predicted octanol–water partition coefficient (Wildman–Crippen LogP) is 4.18. The van der Waals surface area contributed by atoms with E-state index in [-0.39, 0.29) is 0 Å². The first-order valence-corrected chi connectivity index (χ1v) is 6.78. The fourth-order valence-electron chi connectivity index (χ4n) is 1.77. The van der Waals surface area contributed by atoms with Crippen molar-refractivity contribution in [2.24, 2.45) is 0 Å². The van der Waals surface area contributed by atoms with Crippen LogP contribution in [0.4, 0.5) is 5.69 Å². The lowest BCUT2D eigenvalue weighted by molar-refractivity contribution is 0.530. The number of aryl methyl sites for hydroxylation is 1. The Labute approximate surface area is 106 Å². The molecule has 0 aliphatic carbocycles. The summed E-state index contributed by atoms with van der Waals surface area (Å²) < 4.78 is 5.36. The third-order valence-corrected chi connectivity index (χ3v) is 3.89. The van der Waals surface area contributed by atoms with Crippen molar-refractivity contribution in [1.82, 2.24) is 0 Å². The van der Waals surface area contributed by atoms with Gasteiger partial charge in [0.1, 0.15) is 5.76 Å². The summed E-state index contributed by atoms with van der Waals surface area (Å²) in [4.78, 5) is 1.33. The summed E-state index contributed by atoms with van der Waals surface area (Å²) in [6, 6.07) is 10.3. The second kappa shape index (κ2) is 5.82. The van der Waals surface area contributed by atoms with E-state index in [1.807, 2.05) is 30.9 Å². The molecule has 1 aromatic heterocycles. The molecule has 0 radical (unpaired) electrons. The van der Waals surface area contributed by atoms with Gasteiger partial charge in [0, 0.05) is 17.6 Å². The summed E-state index contributed by atoms with van der Waals surface area (Å²) in [6.45, 7) is 2.19. The molecule has 1 heterocycles. The van der Waals surface area contributed by atoms with Gasteiger partial charge in [-0.3, -0.25) is 0 Å². The van der Waals surface area contributed by atoms with Crippen LogP contribution >= 0.6 is 11.8 Å². The number of nitrogens with one attached hydrogen (secondary N) is 1. The third kappa shape index (κ3) is 2.86. The van der Waals surface area contributed by atoms with Gasteiger partial charge in [-0.15, -0.1) is 11.8 Å². The monoisotopic (exact) mass is 247 g/mol. The fourth-order valence-corrected chi connectivity index (χ4v) is 2.94. The Kier molecular flexibility index (Phi) is 4.15. The Bertz CT molecular complexity index is 443. The third-order valence-electron chi connectivity index (χ3n) is 2.69. The highest BCUT2D eigenvalue weighted by molar-refractivity contribution is 7.98. The molecule has 1 N–H and O–H groups in total. The van der Waals surface area contributed by atoms with Crippen molar-refractivity contribution in [1.29, 1.82) is 0 Å². The van der Waals surface area contributed by atoms with Crippen LogP contribution < -0.4 is 5.32 Å². The standard InChI is InChI=1S/C14H17NOS/c1-3-11-6-4-8-13(15-2)14(11)17-10-12-7-5-9-16-12/h4-9,15H,3,10H2,1-2H3. The SMILES string of the molecule is CCc1cccc(NC)c1SCc1ccco1. The van der Waals surface area contributed by atoms with E-state index in [1.165, 1.54) is 16.1 Å². The van der Waals surface area contributed by atoms with Crippen LogP contribution in [0.1, 0.15) is 18.2 Å². The highest BCUT2D eigenvalue weighted by atomic mass is 32.2. The molecule has 90 valence electrons. The van der Waals surface area contributed by atoms with Gasteiger partial charge in [0.05, 0.1) is 12.0 Å². The summed E-state index contributed by atoms with van der Waals surface area (Å²) in [5, 5.41) is 3.25. The Hall–Kier alpha value is -1.35. The minimum absolute atomic E-state index is 0.874. The molecule has 2 nitrogen and oxygen atoms in total. The maximum atomic E-state index is 5.36. The molecule has 0 aliphatic heterocycles. The lowest BCUT2D eigenvalue weighted by atomic mass is 10.1. The second-order valence-corrected chi connectivity index (χ2v) is 4.75. The lowest BCUT2D eigenvalue weighted by Crippen LogP contribution is -1.95. The summed E-state index contributed by atoms with van der Waals surface area (Å²) in [5.41, 5.74) is 2.58. The number of benzene rings is 1. The molecular weight excluding hydrogens is 230 g/mol. The summed E-state index contributed by atoms with van der Waals surface area (Å²) in [6.07, 6.45) is 2.77. The van der Waals surface area contributed by atoms with E-state index in [9.17, 15) is 0 Å². The molecule has 0 fully saturated rings. The molecule has 2 aromatic rings. The van der Waals surface area contributed by atoms with Crippen molar-refractivity contribution < 1.29 is 4.42 Å². The van der Waals surface area contributed by atoms with E-state index in [0.29, 0.717) is 0 Å². The fraction of sp³-hybridized carbons (Fsp3) is 0.286. The van der Waals surface area contributed by atoms with Crippen LogP contribution in [-0.4, -0.2) is 7.05 Å². The first-order chi connectivity index (χ1) is 8.35. The number of furan rings is 1. The molecule has 0 spiro atoms. The van der Waals surface area contributed by atoms with Crippen molar-refractivity contribution in [3.05, 3.63) is 47.9 Å². The predicted molar refractivity (Wildman–Crippen MR) is 73.6 cm³/mol. The molecule has 0 atom stereocenters. The molecular formula is C14H17NOS. The number of hydrogen-bond donors (Lipinski definition) is 1. The zero-order valence-electron chi connectivity index (χ0n) is 10.2. The number of hydrogen-bond acceptors (Lipinski definition) is 3. The van der Waals surface area contributed by atoms with Gasteiger partial charge in [0.15, 0.2) is 0 Å². The molecule has 0 bridgehead atoms. The summed E-state index contributed by atoms with van der Waals surface area (Å²) >= 11 is 1.82. The molecule has 0 unspecified atom stereocenters. The maximum absolute atomic E-state index is 5.36. The molecule has 2 rings (SSSR count). The highest BCUT2D eigenvalue weighted by Gasteiger charge is 2.07. The van der Waals surface area contributed by atoms with Crippen molar-refractivity contribution in [2.75, 3.05) is 12.4 Å². The minimum atomic E-state index is 0.874. The maximum Gasteiger partial charge on any atom is 0.113 e. The molecule has 3 heteroatoms. The van der Waals surface area contributed by atoms with Gasteiger partial charge in [0.2, 0.25) is 0 Å². The van der Waals surface area contributed by atoms with E-state index in [1.54, 1.807) is 6.26 Å². The normalized spacial score (nSPS) is 10.5. The van der Waals surface area contributed by atoms with Gasteiger partial charge in [-0.1, -0.05) is 19.1 Å². The quantitative estimate of drug-likeness (QED) is 0.802. The van der Waals surface area contributed by atoms with Crippen molar-refractivity contribution in [3.8, 4) is 0 Å². The van der Waals surface area contributed by atoms with Gasteiger partial charge in [-0.2, -0.15) is 0 Å². The molecule has 0 saturated heterocycles. The van der Waals surface area contributed by atoms with Gasteiger partial charge in [-0.05, 0) is 30.2 Å². The zero-order valence-corrected chi connectivity index (χ0v) is 11.0. The number of thioether (sulfide) groups is 1. The van der Waals surface area contributed by atoms with E-state index in [0.717, 1.165) is 17.9 Å². The number of rotatable bonds is 5. The zero-order chi connectivity index (χ0) is 12.1. The summed E-state index contributed by atoms with van der Waals surface area (Å²) in [7, 11) is 1.96. The summed E-state index contributed by atoms with van der Waals surface area (Å²) in [5.74, 6) is 1.89. The van der Waals surface area contributed by atoms with Gasteiger partial charge < -0.3 is 9.73 Å². The van der Waals surface area contributed by atoms with Crippen molar-refractivity contribution in [3.63, 3.8) is 0 Å². The Morgan fingerprint density at radius 2 is 2.12 bits per heavy atom. The van der Waals surface area contributed by atoms with Gasteiger partial charge in [0.25, 0.3) is 0 Å². The molecule has 0 saturated carbocycles. The van der Waals surface area contributed by atoms with Gasteiger partial charge >= 0.3 is 0 Å². The van der Waals surface area contributed by atoms with Crippen LogP contribution in [0, 0.1) is 0 Å². The van der Waals surface area contributed by atoms with Crippen LogP contribution in [0.5, 0.6) is 0 Å². The highest BCUT2D eigenvalue weighted by Crippen LogP contribution is 2.33. The number of anilines is 1. The van der Waals surface area contributed by atoms with E-state index < -0.39 is 0 Å². The van der Waals surface area contributed by atoms with E-state index in [2.05, 4.69) is 30.4 Å². The topological polar surface area (TPSA) is 25.2 Å². The Morgan fingerprint density at radius 1 is 1.24 bits per heavy atom. The minimum Gasteiger partial charge on any atom is -0.468 e. The van der Waals surface area contributed by atoms with Crippen molar-refractivity contribution >= 4 is 17.4 Å². The second-order valence-electron chi connectivity index (χ2n) is 3.77. The smallest absolute Gasteiger partial charge is 0.113 e. The molecule has 0 aliphatic rings. The van der Waals surface area contributed by atoms with Crippen LogP contribution in [0.15, 0.2) is 45.9 Å². The van der Waals surface area contributed by atoms with Crippen LogP contribution in [0.2, 0.25) is 0 Å². The average molecular weight is 247 g/mol. The van der Waals surface area contributed by atoms with Crippen molar-refractivity contribution in [2.45, 2.75) is 24.0 Å². The molecule has 0 amide bonds. The van der Waals surface area contributed by atoms with E-state index in [4.69, 9.17) is 4.42 Å². The van der Waals surface area contributed by atoms with Crippen LogP contribution in [0.3, 0.4) is 0 Å².